The third-order valence-electron chi connectivity index (χ3n) is 2.93. The van der Waals surface area contributed by atoms with Crippen molar-refractivity contribution in [1.82, 2.24) is 0 Å². The zero-order valence-electron chi connectivity index (χ0n) is 7.91. The molecule has 0 atom stereocenters. The van der Waals surface area contributed by atoms with E-state index in [0.717, 1.165) is 0 Å². The van der Waals surface area contributed by atoms with Crippen LogP contribution in [0, 0.1) is 5.82 Å². The number of hydrogen-bond donors (Lipinski definition) is 1. The van der Waals surface area contributed by atoms with Crippen molar-refractivity contribution in [2.24, 2.45) is 0 Å². The standard InChI is InChI=1S/C11H10F2O2/c12-8-3-1-2-7(4-8)11(10(14)15)5-9(13)6-11/h1-4,9H,5-6H2,(H,14,15). The van der Waals surface area contributed by atoms with Gasteiger partial charge in [-0.25, -0.2) is 8.78 Å². The van der Waals surface area contributed by atoms with Gasteiger partial charge in [0.25, 0.3) is 0 Å². The van der Waals surface area contributed by atoms with Crippen molar-refractivity contribution in [3.8, 4) is 0 Å². The van der Waals surface area contributed by atoms with Gasteiger partial charge in [-0.05, 0) is 30.5 Å². The monoisotopic (exact) mass is 212 g/mol. The maximum absolute atomic E-state index is 12.9. The van der Waals surface area contributed by atoms with Crippen LogP contribution in [0.25, 0.3) is 0 Å². The third-order valence-corrected chi connectivity index (χ3v) is 2.93. The minimum Gasteiger partial charge on any atom is -0.481 e. The van der Waals surface area contributed by atoms with Gasteiger partial charge in [0.1, 0.15) is 12.0 Å². The van der Waals surface area contributed by atoms with Gasteiger partial charge >= 0.3 is 5.97 Å². The average molecular weight is 212 g/mol. The summed E-state index contributed by atoms with van der Waals surface area (Å²) in [5.41, 5.74) is -0.870. The Bertz CT molecular complexity index is 397. The predicted molar refractivity (Wildman–Crippen MR) is 49.8 cm³/mol. The third kappa shape index (κ3) is 1.50. The summed E-state index contributed by atoms with van der Waals surface area (Å²) in [7, 11) is 0. The largest absolute Gasteiger partial charge is 0.481 e. The molecule has 0 unspecified atom stereocenters. The lowest BCUT2D eigenvalue weighted by Gasteiger charge is -2.40. The van der Waals surface area contributed by atoms with Gasteiger partial charge in [0.2, 0.25) is 0 Å². The van der Waals surface area contributed by atoms with Crippen molar-refractivity contribution >= 4 is 5.97 Å². The molecule has 1 aromatic rings. The number of aliphatic carboxylic acids is 1. The molecule has 0 heterocycles. The SMILES string of the molecule is O=C(O)C1(c2cccc(F)c2)CC(F)C1. The predicted octanol–water partition coefficient (Wildman–Crippen LogP) is 2.28. The Morgan fingerprint density at radius 3 is 2.60 bits per heavy atom. The summed E-state index contributed by atoms with van der Waals surface area (Å²) < 4.78 is 25.7. The first-order valence-electron chi connectivity index (χ1n) is 4.68. The summed E-state index contributed by atoms with van der Waals surface area (Å²) in [6.45, 7) is 0. The smallest absolute Gasteiger partial charge is 0.314 e. The van der Waals surface area contributed by atoms with Crippen molar-refractivity contribution in [1.29, 1.82) is 0 Å². The van der Waals surface area contributed by atoms with Gasteiger partial charge in [-0.1, -0.05) is 12.1 Å². The van der Waals surface area contributed by atoms with Gasteiger partial charge in [0.15, 0.2) is 0 Å². The highest BCUT2D eigenvalue weighted by Gasteiger charge is 2.52. The first-order chi connectivity index (χ1) is 7.04. The lowest BCUT2D eigenvalue weighted by molar-refractivity contribution is -0.150. The number of hydrogen-bond acceptors (Lipinski definition) is 1. The van der Waals surface area contributed by atoms with Crippen molar-refractivity contribution in [3.63, 3.8) is 0 Å². The van der Waals surface area contributed by atoms with Crippen LogP contribution in [0.1, 0.15) is 18.4 Å². The molecule has 4 heteroatoms. The first-order valence-corrected chi connectivity index (χ1v) is 4.68. The Balaban J connectivity index is 2.39. The molecule has 1 aromatic carbocycles. The van der Waals surface area contributed by atoms with Crippen LogP contribution in [0.3, 0.4) is 0 Å². The second kappa shape index (κ2) is 3.29. The van der Waals surface area contributed by atoms with Crippen LogP contribution >= 0.6 is 0 Å². The molecule has 0 amide bonds. The Morgan fingerprint density at radius 2 is 2.13 bits per heavy atom. The van der Waals surface area contributed by atoms with Gasteiger partial charge in [0, 0.05) is 0 Å². The molecule has 0 aromatic heterocycles. The van der Waals surface area contributed by atoms with Crippen LogP contribution in [0.15, 0.2) is 24.3 Å². The lowest BCUT2D eigenvalue weighted by atomic mass is 9.63. The van der Waals surface area contributed by atoms with E-state index in [2.05, 4.69) is 0 Å². The highest BCUT2D eigenvalue weighted by atomic mass is 19.1. The van der Waals surface area contributed by atoms with E-state index in [1.807, 2.05) is 0 Å². The molecule has 80 valence electrons. The lowest BCUT2D eigenvalue weighted by Crippen LogP contribution is -2.49. The number of halogens is 2. The van der Waals surface area contributed by atoms with E-state index < -0.39 is 23.4 Å². The molecule has 1 aliphatic rings. The van der Waals surface area contributed by atoms with Gasteiger partial charge in [-0.15, -0.1) is 0 Å². The highest BCUT2D eigenvalue weighted by Crippen LogP contribution is 2.45. The summed E-state index contributed by atoms with van der Waals surface area (Å²) in [6, 6.07) is 5.38. The van der Waals surface area contributed by atoms with E-state index >= 15 is 0 Å². The van der Waals surface area contributed by atoms with E-state index in [0.29, 0.717) is 5.56 Å². The van der Waals surface area contributed by atoms with Gasteiger partial charge in [-0.2, -0.15) is 0 Å². The molecule has 1 N–H and O–H groups in total. The highest BCUT2D eigenvalue weighted by molar-refractivity contribution is 5.83. The quantitative estimate of drug-likeness (QED) is 0.816. The Morgan fingerprint density at radius 1 is 1.47 bits per heavy atom. The molecule has 1 saturated carbocycles. The Labute approximate surface area is 85.5 Å². The van der Waals surface area contributed by atoms with Crippen molar-refractivity contribution in [2.45, 2.75) is 24.4 Å². The number of carboxylic acids is 1. The van der Waals surface area contributed by atoms with Crippen LogP contribution < -0.4 is 0 Å². The fraction of sp³-hybridized carbons (Fsp3) is 0.364. The Kier molecular flexibility index (Phi) is 2.21. The van der Waals surface area contributed by atoms with Gasteiger partial charge < -0.3 is 5.11 Å². The fourth-order valence-electron chi connectivity index (χ4n) is 2.02. The van der Waals surface area contributed by atoms with E-state index in [1.165, 1.54) is 24.3 Å². The van der Waals surface area contributed by atoms with E-state index in [1.54, 1.807) is 0 Å². The normalized spacial score (nSPS) is 29.6. The Hall–Kier alpha value is -1.45. The zero-order chi connectivity index (χ0) is 11.1. The zero-order valence-corrected chi connectivity index (χ0v) is 7.91. The van der Waals surface area contributed by atoms with Gasteiger partial charge in [0.05, 0.1) is 5.41 Å². The van der Waals surface area contributed by atoms with Crippen LogP contribution in [-0.2, 0) is 10.2 Å². The minimum absolute atomic E-state index is 0.0637. The van der Waals surface area contributed by atoms with Crippen LogP contribution in [0.5, 0.6) is 0 Å². The minimum atomic E-state index is -1.22. The van der Waals surface area contributed by atoms with E-state index in [9.17, 15) is 13.6 Å². The molecule has 0 radical (unpaired) electrons. The summed E-state index contributed by atoms with van der Waals surface area (Å²) in [5.74, 6) is -1.57. The summed E-state index contributed by atoms with van der Waals surface area (Å²) in [5, 5.41) is 9.06. The molecule has 15 heavy (non-hydrogen) atoms. The van der Waals surface area contributed by atoms with E-state index in [4.69, 9.17) is 5.11 Å². The first kappa shape index (κ1) is 10.1. The summed E-state index contributed by atoms with van der Waals surface area (Å²) >= 11 is 0. The molecule has 2 nitrogen and oxygen atoms in total. The fourth-order valence-corrected chi connectivity index (χ4v) is 2.02. The summed E-state index contributed by atoms with van der Waals surface area (Å²) in [6.07, 6.45) is -1.22. The van der Waals surface area contributed by atoms with Crippen LogP contribution in [0.2, 0.25) is 0 Å². The van der Waals surface area contributed by atoms with Gasteiger partial charge in [-0.3, -0.25) is 4.79 Å². The number of alkyl halides is 1. The number of benzene rings is 1. The second-order valence-corrected chi connectivity index (χ2v) is 3.90. The second-order valence-electron chi connectivity index (χ2n) is 3.90. The van der Waals surface area contributed by atoms with Crippen LogP contribution in [-0.4, -0.2) is 17.2 Å². The average Bonchev–Trinajstić information content (AvgIpc) is 2.12. The van der Waals surface area contributed by atoms with Crippen LogP contribution in [0.4, 0.5) is 8.78 Å². The molecular weight excluding hydrogens is 202 g/mol. The molecule has 1 aliphatic carbocycles. The summed E-state index contributed by atoms with van der Waals surface area (Å²) in [4.78, 5) is 11.1. The maximum Gasteiger partial charge on any atom is 0.314 e. The maximum atomic E-state index is 12.9. The number of rotatable bonds is 2. The molecule has 0 spiro atoms. The molecular formula is C11H10F2O2. The molecule has 0 bridgehead atoms. The number of carbonyl (C=O) groups is 1. The van der Waals surface area contributed by atoms with Crippen molar-refractivity contribution < 1.29 is 18.7 Å². The van der Waals surface area contributed by atoms with E-state index in [-0.39, 0.29) is 12.8 Å². The van der Waals surface area contributed by atoms with Crippen molar-refractivity contribution in [3.05, 3.63) is 35.6 Å². The molecule has 0 aliphatic heterocycles. The molecule has 1 fully saturated rings. The topological polar surface area (TPSA) is 37.3 Å². The molecule has 2 rings (SSSR count). The molecule has 0 saturated heterocycles. The van der Waals surface area contributed by atoms with Crippen molar-refractivity contribution in [2.75, 3.05) is 0 Å². The number of carboxylic acid groups (broad SMARTS) is 1.